The first-order valence-corrected chi connectivity index (χ1v) is 11.1. The zero-order valence-electron chi connectivity index (χ0n) is 16.9. The van der Waals surface area contributed by atoms with Gasteiger partial charge in [0.1, 0.15) is 0 Å². The molecule has 3 atom stereocenters. The molecule has 2 aromatic rings. The Balaban J connectivity index is 1.57. The van der Waals surface area contributed by atoms with Crippen LogP contribution < -0.4 is 0 Å². The van der Waals surface area contributed by atoms with Crippen molar-refractivity contribution in [2.45, 2.75) is 76.0 Å². The van der Waals surface area contributed by atoms with Gasteiger partial charge in [0.25, 0.3) is 0 Å². The highest BCUT2D eigenvalue weighted by atomic mass is 35.5. The summed E-state index contributed by atoms with van der Waals surface area (Å²) in [6, 6.07) is 7.36. The number of aliphatic hydroxyl groups is 1. The molecule has 1 saturated heterocycles. The molecule has 1 amide bonds. The van der Waals surface area contributed by atoms with E-state index in [0.717, 1.165) is 30.5 Å². The van der Waals surface area contributed by atoms with E-state index in [-0.39, 0.29) is 18.0 Å². The van der Waals surface area contributed by atoms with E-state index in [1.807, 2.05) is 35.4 Å². The molecule has 1 saturated carbocycles. The second kappa shape index (κ2) is 8.84. The number of rotatable bonds is 7. The van der Waals surface area contributed by atoms with Crippen LogP contribution in [0.15, 0.2) is 30.5 Å². The van der Waals surface area contributed by atoms with Crippen molar-refractivity contribution in [1.82, 2.24) is 19.9 Å². The van der Waals surface area contributed by atoms with Gasteiger partial charge in [-0.05, 0) is 43.4 Å². The number of β-amino-alcohol motifs (C(OH)–C–C–N with tert-alkyl or cyclic N) is 1. The molecule has 0 unspecified atom stereocenters. The maximum absolute atomic E-state index is 13.0. The van der Waals surface area contributed by atoms with Crippen LogP contribution in [0.5, 0.6) is 0 Å². The number of piperidine rings is 1. The van der Waals surface area contributed by atoms with Crippen LogP contribution in [0.1, 0.15) is 81.1 Å². The SMILES string of the molecule is CCCCCC(=O)N1C[C@H](O)[C@@H](n2cc(C3CC3)nn2)C[C@@H]1c1ccc(Cl)cc1. The monoisotopic (exact) mass is 416 g/mol. The Labute approximate surface area is 176 Å². The van der Waals surface area contributed by atoms with E-state index in [4.69, 9.17) is 11.6 Å². The normalized spacial score (nSPS) is 24.7. The molecule has 1 N–H and O–H groups in total. The van der Waals surface area contributed by atoms with E-state index in [1.165, 1.54) is 12.8 Å². The number of unbranched alkanes of at least 4 members (excludes halogenated alkanes) is 2. The van der Waals surface area contributed by atoms with Gasteiger partial charge in [0.05, 0.1) is 23.9 Å². The van der Waals surface area contributed by atoms with Crippen molar-refractivity contribution in [3.8, 4) is 0 Å². The average Bonchev–Trinajstić information content (AvgIpc) is 3.46. The van der Waals surface area contributed by atoms with Crippen molar-refractivity contribution >= 4 is 17.5 Å². The van der Waals surface area contributed by atoms with Crippen LogP contribution in [0, 0.1) is 0 Å². The number of benzene rings is 1. The number of hydrogen-bond donors (Lipinski definition) is 1. The van der Waals surface area contributed by atoms with E-state index in [1.54, 1.807) is 4.68 Å². The Kier molecular flexibility index (Phi) is 6.20. The lowest BCUT2D eigenvalue weighted by Gasteiger charge is -2.42. The molecule has 1 aliphatic carbocycles. The van der Waals surface area contributed by atoms with Gasteiger partial charge in [-0.2, -0.15) is 0 Å². The third kappa shape index (κ3) is 4.64. The molecule has 1 aromatic carbocycles. The van der Waals surface area contributed by atoms with Gasteiger partial charge in [-0.3, -0.25) is 4.79 Å². The predicted molar refractivity (Wildman–Crippen MR) is 112 cm³/mol. The lowest BCUT2D eigenvalue weighted by atomic mass is 9.89. The molecular weight excluding hydrogens is 388 g/mol. The van der Waals surface area contributed by atoms with E-state index in [0.29, 0.717) is 30.3 Å². The van der Waals surface area contributed by atoms with Gasteiger partial charge in [-0.15, -0.1) is 5.10 Å². The first kappa shape index (κ1) is 20.4. The summed E-state index contributed by atoms with van der Waals surface area (Å²) >= 11 is 6.08. The lowest BCUT2D eigenvalue weighted by molar-refractivity contribution is -0.140. The minimum absolute atomic E-state index is 0.105. The summed E-state index contributed by atoms with van der Waals surface area (Å²) in [5.41, 5.74) is 2.05. The minimum atomic E-state index is -0.664. The molecule has 6 nitrogen and oxygen atoms in total. The summed E-state index contributed by atoms with van der Waals surface area (Å²) in [6.07, 6.45) is 7.77. The Morgan fingerprint density at radius 1 is 1.24 bits per heavy atom. The van der Waals surface area contributed by atoms with Crippen LogP contribution >= 0.6 is 11.6 Å². The quantitative estimate of drug-likeness (QED) is 0.684. The summed E-state index contributed by atoms with van der Waals surface area (Å²) in [6.45, 7) is 2.44. The van der Waals surface area contributed by atoms with Gasteiger partial charge in [0, 0.05) is 30.1 Å². The summed E-state index contributed by atoms with van der Waals surface area (Å²) in [7, 11) is 0. The van der Waals surface area contributed by atoms with Crippen LogP contribution in [-0.2, 0) is 4.79 Å². The van der Waals surface area contributed by atoms with Crippen molar-refractivity contribution < 1.29 is 9.90 Å². The predicted octanol–water partition coefficient (Wildman–Crippen LogP) is 4.26. The number of aliphatic hydroxyl groups excluding tert-OH is 1. The Hall–Kier alpha value is -1.92. The van der Waals surface area contributed by atoms with Gasteiger partial charge < -0.3 is 10.0 Å². The molecule has 0 spiro atoms. The smallest absolute Gasteiger partial charge is 0.223 e. The van der Waals surface area contributed by atoms with E-state index < -0.39 is 6.10 Å². The fourth-order valence-electron chi connectivity index (χ4n) is 4.21. The van der Waals surface area contributed by atoms with Gasteiger partial charge in [0.2, 0.25) is 5.91 Å². The summed E-state index contributed by atoms with van der Waals surface area (Å²) in [5.74, 6) is 0.626. The number of halogens is 1. The summed E-state index contributed by atoms with van der Waals surface area (Å²) < 4.78 is 1.81. The third-order valence-corrected chi connectivity index (χ3v) is 6.35. The number of amides is 1. The largest absolute Gasteiger partial charge is 0.389 e. The molecule has 156 valence electrons. The second-order valence-corrected chi connectivity index (χ2v) is 8.78. The highest BCUT2D eigenvalue weighted by Gasteiger charge is 2.39. The van der Waals surface area contributed by atoms with Crippen molar-refractivity contribution in [3.05, 3.63) is 46.7 Å². The second-order valence-electron chi connectivity index (χ2n) is 8.34. The van der Waals surface area contributed by atoms with E-state index >= 15 is 0 Å². The fourth-order valence-corrected chi connectivity index (χ4v) is 4.34. The number of carbonyl (C=O) groups excluding carboxylic acids is 1. The Morgan fingerprint density at radius 2 is 2.00 bits per heavy atom. The van der Waals surface area contributed by atoms with Crippen molar-refractivity contribution in [2.24, 2.45) is 0 Å². The molecule has 29 heavy (non-hydrogen) atoms. The number of carbonyl (C=O) groups is 1. The standard InChI is InChI=1S/C22H29ClN4O2/c1-2-3-4-5-22(29)26-14-21(28)20(27-13-18(24-25-27)15-6-7-15)12-19(26)16-8-10-17(23)11-9-16/h8-11,13,15,19-21,28H,2-7,12,14H2,1H3/t19-,20+,21+/m1/s1. The highest BCUT2D eigenvalue weighted by Crippen LogP contribution is 2.41. The molecule has 2 fully saturated rings. The number of aromatic nitrogens is 3. The zero-order valence-corrected chi connectivity index (χ0v) is 17.6. The van der Waals surface area contributed by atoms with Gasteiger partial charge in [-0.1, -0.05) is 48.7 Å². The maximum Gasteiger partial charge on any atom is 0.223 e. The Bertz CT molecular complexity index is 834. The fraction of sp³-hybridized carbons (Fsp3) is 0.591. The molecule has 0 bridgehead atoms. The summed E-state index contributed by atoms with van der Waals surface area (Å²) in [5, 5.41) is 20.2. The molecule has 2 heterocycles. The minimum Gasteiger partial charge on any atom is -0.389 e. The molecular formula is C22H29ClN4O2. The molecule has 2 aliphatic rings. The zero-order chi connectivity index (χ0) is 20.4. The number of hydrogen-bond acceptors (Lipinski definition) is 4. The van der Waals surface area contributed by atoms with Gasteiger partial charge in [-0.25, -0.2) is 4.68 Å². The number of nitrogens with zero attached hydrogens (tertiary/aromatic N) is 4. The van der Waals surface area contributed by atoms with Crippen LogP contribution in [0.25, 0.3) is 0 Å². The first-order valence-electron chi connectivity index (χ1n) is 10.7. The van der Waals surface area contributed by atoms with Crippen molar-refractivity contribution in [2.75, 3.05) is 6.54 Å². The molecule has 7 heteroatoms. The van der Waals surface area contributed by atoms with Crippen LogP contribution in [0.2, 0.25) is 5.02 Å². The highest BCUT2D eigenvalue weighted by molar-refractivity contribution is 6.30. The van der Waals surface area contributed by atoms with Gasteiger partial charge >= 0.3 is 0 Å². The van der Waals surface area contributed by atoms with Crippen LogP contribution in [0.3, 0.4) is 0 Å². The molecule has 4 rings (SSSR count). The Morgan fingerprint density at radius 3 is 2.69 bits per heavy atom. The first-order chi connectivity index (χ1) is 14.1. The molecule has 1 aliphatic heterocycles. The summed E-state index contributed by atoms with van der Waals surface area (Å²) in [4.78, 5) is 14.8. The lowest BCUT2D eigenvalue weighted by Crippen LogP contribution is -2.49. The third-order valence-electron chi connectivity index (χ3n) is 6.10. The van der Waals surface area contributed by atoms with E-state index in [9.17, 15) is 9.90 Å². The van der Waals surface area contributed by atoms with Crippen LogP contribution in [-0.4, -0.2) is 43.6 Å². The number of likely N-dealkylation sites (tertiary alicyclic amines) is 1. The average molecular weight is 417 g/mol. The maximum atomic E-state index is 13.0. The van der Waals surface area contributed by atoms with Crippen molar-refractivity contribution in [3.63, 3.8) is 0 Å². The van der Waals surface area contributed by atoms with Crippen molar-refractivity contribution in [1.29, 1.82) is 0 Å². The van der Waals surface area contributed by atoms with Gasteiger partial charge in [0.15, 0.2) is 0 Å². The molecule has 1 aromatic heterocycles. The van der Waals surface area contributed by atoms with E-state index in [2.05, 4.69) is 17.2 Å². The molecule has 0 radical (unpaired) electrons. The topological polar surface area (TPSA) is 71.2 Å². The van der Waals surface area contributed by atoms with Crippen LogP contribution in [0.4, 0.5) is 0 Å².